The second-order valence-electron chi connectivity index (χ2n) is 7.51. The number of rotatable bonds is 1. The minimum atomic E-state index is 0.243. The number of nitrogens with zero attached hydrogens (tertiary/aromatic N) is 1. The third kappa shape index (κ3) is 1.77. The van der Waals surface area contributed by atoms with Crippen LogP contribution in [0.1, 0.15) is 42.2 Å². The van der Waals surface area contributed by atoms with Crippen LogP contribution >= 0.6 is 11.6 Å². The smallest absolute Gasteiger partial charge is 0.231 e. The summed E-state index contributed by atoms with van der Waals surface area (Å²) in [6, 6.07) is 8.72. The second-order valence-corrected chi connectivity index (χ2v) is 7.92. The van der Waals surface area contributed by atoms with Crippen molar-refractivity contribution in [1.29, 1.82) is 0 Å². The zero-order chi connectivity index (χ0) is 16.7. The Kier molecular flexibility index (Phi) is 2.67. The molecule has 1 fully saturated rings. The highest BCUT2D eigenvalue weighted by atomic mass is 35.5. The number of halogens is 1. The van der Waals surface area contributed by atoms with Gasteiger partial charge in [0.05, 0.1) is 10.5 Å². The van der Waals surface area contributed by atoms with Crippen molar-refractivity contribution >= 4 is 22.5 Å². The summed E-state index contributed by atoms with van der Waals surface area (Å²) in [5.41, 5.74) is 6.90. The lowest BCUT2D eigenvalue weighted by molar-refractivity contribution is 0.174. The minimum absolute atomic E-state index is 0.243. The highest BCUT2D eigenvalue weighted by Crippen LogP contribution is 2.56. The molecule has 3 aromatic rings. The molecule has 6 rings (SSSR count). The van der Waals surface area contributed by atoms with Crippen LogP contribution in [0.2, 0.25) is 5.02 Å². The summed E-state index contributed by atoms with van der Waals surface area (Å²) in [4.78, 5) is 0. The summed E-state index contributed by atoms with van der Waals surface area (Å²) in [5.74, 6) is 2.87. The number of benzene rings is 2. The largest absolute Gasteiger partial charge is 0.454 e. The molecule has 0 spiro atoms. The zero-order valence-corrected chi connectivity index (χ0v) is 14.8. The van der Waals surface area contributed by atoms with Gasteiger partial charge in [0.15, 0.2) is 11.5 Å². The van der Waals surface area contributed by atoms with Crippen molar-refractivity contribution in [2.24, 2.45) is 7.05 Å². The fraction of sp³-hybridized carbons (Fsp3) is 0.333. The van der Waals surface area contributed by atoms with Gasteiger partial charge in [0.25, 0.3) is 0 Å². The Bertz CT molecular complexity index is 1050. The summed E-state index contributed by atoms with van der Waals surface area (Å²) in [7, 11) is 2.16. The Morgan fingerprint density at radius 1 is 1.12 bits per heavy atom. The molecule has 3 nitrogen and oxygen atoms in total. The fourth-order valence-corrected chi connectivity index (χ4v) is 5.45. The molecule has 0 N–H and O–H groups in total. The molecule has 3 aliphatic rings. The number of hydrogen-bond donors (Lipinski definition) is 0. The standard InChI is InChI=1S/C21H18ClNO2/c1-23-5-4-14-15(13-7-17(22)21-18(8-13)24-10-25-21)9-16-11-2-3-12(6-11)19(16)20(14)23/h4-5,7-9,11-12H,2-3,6,10H2,1H3. The number of hydrogen-bond acceptors (Lipinski definition) is 2. The second kappa shape index (κ2) is 4.73. The Morgan fingerprint density at radius 3 is 2.92 bits per heavy atom. The van der Waals surface area contributed by atoms with E-state index in [1.807, 2.05) is 6.07 Å². The average Bonchev–Trinajstić information content (AvgIpc) is 3.37. The lowest BCUT2D eigenvalue weighted by atomic mass is 9.86. The van der Waals surface area contributed by atoms with E-state index in [1.54, 1.807) is 11.1 Å². The van der Waals surface area contributed by atoms with Crippen molar-refractivity contribution in [2.45, 2.75) is 31.1 Å². The normalized spacial score (nSPS) is 22.8. The molecule has 2 bridgehead atoms. The van der Waals surface area contributed by atoms with Gasteiger partial charge < -0.3 is 14.0 Å². The first-order valence-electron chi connectivity index (χ1n) is 8.92. The van der Waals surface area contributed by atoms with Crippen LogP contribution in [0.15, 0.2) is 30.5 Å². The van der Waals surface area contributed by atoms with Crippen molar-refractivity contribution in [3.05, 3.63) is 46.6 Å². The molecular weight excluding hydrogens is 334 g/mol. The first-order valence-corrected chi connectivity index (χ1v) is 9.30. The van der Waals surface area contributed by atoms with Crippen LogP contribution in [-0.4, -0.2) is 11.4 Å². The highest BCUT2D eigenvalue weighted by Gasteiger charge is 2.39. The van der Waals surface area contributed by atoms with Crippen molar-refractivity contribution in [2.75, 3.05) is 6.79 Å². The Morgan fingerprint density at radius 2 is 2.00 bits per heavy atom. The van der Waals surface area contributed by atoms with E-state index in [0.717, 1.165) is 23.1 Å². The van der Waals surface area contributed by atoms with Crippen molar-refractivity contribution < 1.29 is 9.47 Å². The summed E-state index contributed by atoms with van der Waals surface area (Å²) < 4.78 is 13.3. The SMILES string of the molecule is Cn1ccc2c(-c3cc(Cl)c4c(c3)OCO4)cc3c(c21)C1CCC3C1. The van der Waals surface area contributed by atoms with Crippen molar-refractivity contribution in [3.8, 4) is 22.6 Å². The molecule has 2 aliphatic carbocycles. The molecule has 0 radical (unpaired) electrons. The monoisotopic (exact) mass is 351 g/mol. The van der Waals surface area contributed by atoms with E-state index in [-0.39, 0.29) is 6.79 Å². The maximum atomic E-state index is 6.45. The number of aryl methyl sites for hydroxylation is 1. The molecule has 126 valence electrons. The van der Waals surface area contributed by atoms with Crippen LogP contribution in [0.25, 0.3) is 22.0 Å². The Hall–Kier alpha value is -2.13. The minimum Gasteiger partial charge on any atom is -0.454 e. The number of fused-ring (bicyclic) bond motifs is 8. The molecule has 2 atom stereocenters. The average molecular weight is 352 g/mol. The summed E-state index contributed by atoms with van der Waals surface area (Å²) in [6.07, 6.45) is 6.16. The van der Waals surface area contributed by atoms with Gasteiger partial charge in [0.2, 0.25) is 6.79 Å². The van der Waals surface area contributed by atoms with E-state index in [0.29, 0.717) is 10.8 Å². The highest BCUT2D eigenvalue weighted by molar-refractivity contribution is 6.32. The van der Waals surface area contributed by atoms with E-state index in [1.165, 1.54) is 35.7 Å². The van der Waals surface area contributed by atoms with E-state index >= 15 is 0 Å². The lowest BCUT2D eigenvalue weighted by Crippen LogP contribution is -2.02. The van der Waals surface area contributed by atoms with E-state index in [2.05, 4.69) is 36.0 Å². The summed E-state index contributed by atoms with van der Waals surface area (Å²) in [6.45, 7) is 0.243. The maximum Gasteiger partial charge on any atom is 0.231 e. The third-order valence-corrected chi connectivity index (χ3v) is 6.53. The van der Waals surface area contributed by atoms with E-state index in [4.69, 9.17) is 21.1 Å². The third-order valence-electron chi connectivity index (χ3n) is 6.25. The van der Waals surface area contributed by atoms with Crippen LogP contribution in [0, 0.1) is 0 Å². The van der Waals surface area contributed by atoms with Crippen molar-refractivity contribution in [1.82, 2.24) is 4.57 Å². The van der Waals surface area contributed by atoms with Gasteiger partial charge in [-0.1, -0.05) is 11.6 Å². The molecule has 0 saturated heterocycles. The predicted molar refractivity (Wildman–Crippen MR) is 98.8 cm³/mol. The molecule has 2 heterocycles. The Balaban J connectivity index is 1.67. The summed E-state index contributed by atoms with van der Waals surface area (Å²) >= 11 is 6.45. The van der Waals surface area contributed by atoms with Crippen LogP contribution in [0.4, 0.5) is 0 Å². The summed E-state index contributed by atoms with van der Waals surface area (Å²) in [5, 5.41) is 1.93. The van der Waals surface area contributed by atoms with Crippen LogP contribution in [0.3, 0.4) is 0 Å². The molecule has 25 heavy (non-hydrogen) atoms. The maximum absolute atomic E-state index is 6.45. The van der Waals surface area contributed by atoms with Gasteiger partial charge >= 0.3 is 0 Å². The predicted octanol–water partition coefficient (Wildman–Crippen LogP) is 5.59. The van der Waals surface area contributed by atoms with Gasteiger partial charge in [-0.15, -0.1) is 0 Å². The fourth-order valence-electron chi connectivity index (χ4n) is 5.18. The first kappa shape index (κ1) is 14.1. The van der Waals surface area contributed by atoms with Crippen molar-refractivity contribution in [3.63, 3.8) is 0 Å². The van der Waals surface area contributed by atoms with Crippen LogP contribution in [-0.2, 0) is 7.05 Å². The van der Waals surface area contributed by atoms with E-state index < -0.39 is 0 Å². The zero-order valence-electron chi connectivity index (χ0n) is 14.0. The molecule has 4 heteroatoms. The van der Waals surface area contributed by atoms with Gasteiger partial charge in [-0.3, -0.25) is 0 Å². The topological polar surface area (TPSA) is 23.4 Å². The number of aromatic nitrogens is 1. The number of ether oxygens (including phenoxy) is 2. The van der Waals surface area contributed by atoms with Crippen LogP contribution in [0.5, 0.6) is 11.5 Å². The van der Waals surface area contributed by atoms with Gasteiger partial charge in [-0.25, -0.2) is 0 Å². The molecule has 2 aromatic carbocycles. The molecule has 1 aliphatic heterocycles. The molecule has 1 aromatic heterocycles. The Labute approximate surface area is 151 Å². The first-order chi connectivity index (χ1) is 12.2. The van der Waals surface area contributed by atoms with Gasteiger partial charge in [-0.2, -0.15) is 0 Å². The van der Waals surface area contributed by atoms with E-state index in [9.17, 15) is 0 Å². The van der Waals surface area contributed by atoms with Crippen LogP contribution < -0.4 is 9.47 Å². The van der Waals surface area contributed by atoms with Gasteiger partial charge in [0.1, 0.15) is 0 Å². The van der Waals surface area contributed by atoms with Gasteiger partial charge in [-0.05, 0) is 77.6 Å². The van der Waals surface area contributed by atoms with Gasteiger partial charge in [0, 0.05) is 18.6 Å². The molecular formula is C21H18ClNO2. The molecule has 2 unspecified atom stereocenters. The lowest BCUT2D eigenvalue weighted by Gasteiger charge is -2.20. The molecule has 0 amide bonds. The quantitative estimate of drug-likeness (QED) is 0.570. The molecule has 1 saturated carbocycles.